The van der Waals surface area contributed by atoms with E-state index in [4.69, 9.17) is 18.0 Å². The van der Waals surface area contributed by atoms with Crippen molar-refractivity contribution in [2.24, 2.45) is 5.73 Å². The zero-order chi connectivity index (χ0) is 19.0. The molecule has 2 aromatic carbocycles. The number of fused-ring (bicyclic) bond motifs is 2. The van der Waals surface area contributed by atoms with Crippen LogP contribution < -0.4 is 16.4 Å². The molecule has 0 atom stereocenters. The minimum Gasteiger partial charge on any atom is -0.365 e. The minimum atomic E-state index is -0.472. The lowest BCUT2D eigenvalue weighted by Gasteiger charge is -2.10. The van der Waals surface area contributed by atoms with Crippen molar-refractivity contribution in [2.75, 3.05) is 5.32 Å². The van der Waals surface area contributed by atoms with E-state index in [9.17, 15) is 9.59 Å². The van der Waals surface area contributed by atoms with Crippen LogP contribution in [0, 0.1) is 0 Å². The molecular weight excluding hydrogens is 378 g/mol. The number of anilines is 1. The van der Waals surface area contributed by atoms with Crippen LogP contribution in [0.15, 0.2) is 42.5 Å². The molecule has 1 aromatic heterocycles. The molecule has 0 saturated heterocycles. The van der Waals surface area contributed by atoms with E-state index < -0.39 is 5.91 Å². The van der Waals surface area contributed by atoms with Gasteiger partial charge < -0.3 is 11.1 Å². The first kappa shape index (κ1) is 17.6. The maximum Gasteiger partial charge on any atom is 0.257 e. The summed E-state index contributed by atoms with van der Waals surface area (Å²) in [4.78, 5) is 25.5. The van der Waals surface area contributed by atoms with Crippen LogP contribution >= 0.6 is 23.6 Å². The van der Waals surface area contributed by atoms with Gasteiger partial charge in [0.15, 0.2) is 5.11 Å². The molecular formula is C20H17N3O2S2. The third-order valence-electron chi connectivity index (χ3n) is 4.63. The van der Waals surface area contributed by atoms with E-state index in [2.05, 4.69) is 10.6 Å². The Kier molecular flexibility index (Phi) is 4.63. The lowest BCUT2D eigenvalue weighted by molar-refractivity contribution is 0.0975. The number of hydrogen-bond acceptors (Lipinski definition) is 4. The molecule has 4 N–H and O–H groups in total. The molecule has 4 rings (SSSR count). The van der Waals surface area contributed by atoms with Gasteiger partial charge in [-0.2, -0.15) is 0 Å². The quantitative estimate of drug-likeness (QED) is 0.592. The first-order valence-electron chi connectivity index (χ1n) is 8.58. The predicted molar refractivity (Wildman–Crippen MR) is 112 cm³/mol. The monoisotopic (exact) mass is 395 g/mol. The maximum atomic E-state index is 12.5. The summed E-state index contributed by atoms with van der Waals surface area (Å²) >= 11 is 6.75. The third-order valence-corrected chi connectivity index (χ3v) is 6.04. The number of primary amides is 1. The van der Waals surface area contributed by atoms with Crippen molar-refractivity contribution in [3.8, 4) is 0 Å². The number of benzene rings is 2. The molecule has 1 aliphatic rings. The molecule has 3 aromatic rings. The summed E-state index contributed by atoms with van der Waals surface area (Å²) < 4.78 is 0. The average molecular weight is 396 g/mol. The summed E-state index contributed by atoms with van der Waals surface area (Å²) in [6.07, 6.45) is 2.82. The van der Waals surface area contributed by atoms with E-state index in [0.29, 0.717) is 16.1 Å². The summed E-state index contributed by atoms with van der Waals surface area (Å²) in [6.45, 7) is 0. The molecule has 1 aliphatic carbocycles. The van der Waals surface area contributed by atoms with E-state index in [-0.39, 0.29) is 11.0 Å². The van der Waals surface area contributed by atoms with E-state index in [1.165, 1.54) is 11.3 Å². The number of hydrogen-bond donors (Lipinski definition) is 3. The highest BCUT2D eigenvalue weighted by molar-refractivity contribution is 7.80. The number of thiophene rings is 1. The van der Waals surface area contributed by atoms with Crippen LogP contribution in [0.1, 0.15) is 37.6 Å². The first-order chi connectivity index (χ1) is 13.0. The predicted octanol–water partition coefficient (Wildman–Crippen LogP) is 3.62. The molecule has 0 unspecified atom stereocenters. The summed E-state index contributed by atoms with van der Waals surface area (Å²) in [5, 5.41) is 8.45. The lowest BCUT2D eigenvalue weighted by atomic mass is 10.1. The highest BCUT2D eigenvalue weighted by Gasteiger charge is 2.25. The number of aryl methyl sites for hydroxylation is 1. The minimum absolute atomic E-state index is 0.149. The Morgan fingerprint density at radius 3 is 2.63 bits per heavy atom. The molecule has 2 amide bonds. The van der Waals surface area contributed by atoms with Gasteiger partial charge in [0.1, 0.15) is 5.00 Å². The largest absolute Gasteiger partial charge is 0.365 e. The summed E-state index contributed by atoms with van der Waals surface area (Å²) in [5.41, 5.74) is 7.57. The Morgan fingerprint density at radius 1 is 1.07 bits per heavy atom. The first-order valence-corrected chi connectivity index (χ1v) is 9.81. The van der Waals surface area contributed by atoms with Gasteiger partial charge >= 0.3 is 0 Å². The molecule has 0 bridgehead atoms. The van der Waals surface area contributed by atoms with Crippen molar-refractivity contribution in [1.82, 2.24) is 5.32 Å². The number of nitrogens with one attached hydrogen (secondary N) is 2. The van der Waals surface area contributed by atoms with E-state index >= 15 is 0 Å². The molecule has 7 heteroatoms. The van der Waals surface area contributed by atoms with Crippen molar-refractivity contribution in [2.45, 2.75) is 19.3 Å². The molecule has 0 saturated carbocycles. The van der Waals surface area contributed by atoms with E-state index in [1.807, 2.05) is 36.4 Å². The Morgan fingerprint density at radius 2 is 1.85 bits per heavy atom. The van der Waals surface area contributed by atoms with Crippen molar-refractivity contribution in [3.05, 3.63) is 64.0 Å². The highest BCUT2D eigenvalue weighted by Crippen LogP contribution is 2.38. The Bertz CT molecular complexity index is 1090. The molecule has 0 spiro atoms. The van der Waals surface area contributed by atoms with Gasteiger partial charge in [0.05, 0.1) is 5.56 Å². The van der Waals surface area contributed by atoms with Gasteiger partial charge in [-0.1, -0.05) is 30.3 Å². The second-order valence-corrected chi connectivity index (χ2v) is 7.91. The van der Waals surface area contributed by atoms with Gasteiger partial charge in [-0.25, -0.2) is 0 Å². The second-order valence-electron chi connectivity index (χ2n) is 6.40. The van der Waals surface area contributed by atoms with Crippen LogP contribution in [0.4, 0.5) is 5.00 Å². The number of carbonyl (C=O) groups excluding carboxylic acids is 2. The molecule has 136 valence electrons. The third kappa shape index (κ3) is 3.43. The van der Waals surface area contributed by atoms with Crippen LogP contribution in [-0.2, 0) is 12.8 Å². The number of rotatable bonds is 3. The van der Waals surface area contributed by atoms with Crippen LogP contribution in [-0.4, -0.2) is 16.9 Å². The van der Waals surface area contributed by atoms with Gasteiger partial charge in [-0.15, -0.1) is 11.3 Å². The zero-order valence-corrected chi connectivity index (χ0v) is 16.0. The highest BCUT2D eigenvalue weighted by atomic mass is 32.1. The molecule has 0 radical (unpaired) electrons. The second kappa shape index (κ2) is 7.09. The Labute approximate surface area is 165 Å². The topological polar surface area (TPSA) is 84.2 Å². The van der Waals surface area contributed by atoms with E-state index in [0.717, 1.165) is 40.5 Å². The lowest BCUT2D eigenvalue weighted by Crippen LogP contribution is -2.34. The molecule has 27 heavy (non-hydrogen) atoms. The SMILES string of the molecule is NC(=O)c1c(NC(=S)NC(=O)c2ccc3ccccc3c2)sc2c1CCC2. The number of amides is 2. The van der Waals surface area contributed by atoms with Gasteiger partial charge in [-0.05, 0) is 59.9 Å². The Hall–Kier alpha value is -2.77. The maximum absolute atomic E-state index is 12.5. The summed E-state index contributed by atoms with van der Waals surface area (Å²) in [6, 6.07) is 13.3. The molecule has 0 aliphatic heterocycles. The number of carbonyl (C=O) groups is 2. The van der Waals surface area contributed by atoms with Crippen molar-refractivity contribution < 1.29 is 9.59 Å². The van der Waals surface area contributed by atoms with Gasteiger partial charge in [0, 0.05) is 10.4 Å². The summed E-state index contributed by atoms with van der Waals surface area (Å²) in [5.74, 6) is -0.775. The molecule has 1 heterocycles. The standard InChI is InChI=1S/C20H17N3O2S2/c21-17(24)16-14-6-3-7-15(14)27-19(16)23-20(26)22-18(25)13-9-8-11-4-1-2-5-12(11)10-13/h1-2,4-5,8-10H,3,6-7H2,(H2,21,24)(H2,22,23,25,26). The van der Waals surface area contributed by atoms with E-state index in [1.54, 1.807) is 6.07 Å². The van der Waals surface area contributed by atoms with Crippen LogP contribution in [0.25, 0.3) is 10.8 Å². The fourth-order valence-electron chi connectivity index (χ4n) is 3.39. The van der Waals surface area contributed by atoms with Gasteiger partial charge in [0.2, 0.25) is 0 Å². The number of thiocarbonyl (C=S) groups is 1. The molecule has 5 nitrogen and oxygen atoms in total. The van der Waals surface area contributed by atoms with Crippen molar-refractivity contribution in [3.63, 3.8) is 0 Å². The average Bonchev–Trinajstić information content (AvgIpc) is 3.21. The van der Waals surface area contributed by atoms with Gasteiger partial charge in [0.25, 0.3) is 11.8 Å². The normalized spacial score (nSPS) is 12.6. The molecule has 0 fully saturated rings. The van der Waals surface area contributed by atoms with Crippen molar-refractivity contribution >= 4 is 56.3 Å². The zero-order valence-electron chi connectivity index (χ0n) is 14.4. The Balaban J connectivity index is 1.51. The summed E-state index contributed by atoms with van der Waals surface area (Å²) in [7, 11) is 0. The smallest absolute Gasteiger partial charge is 0.257 e. The fourth-order valence-corrected chi connectivity index (χ4v) is 4.95. The van der Waals surface area contributed by atoms with Crippen LogP contribution in [0.3, 0.4) is 0 Å². The van der Waals surface area contributed by atoms with Crippen molar-refractivity contribution in [1.29, 1.82) is 0 Å². The number of nitrogens with two attached hydrogens (primary N) is 1. The van der Waals surface area contributed by atoms with Crippen LogP contribution in [0.2, 0.25) is 0 Å². The van der Waals surface area contributed by atoms with Gasteiger partial charge in [-0.3, -0.25) is 14.9 Å². The van der Waals surface area contributed by atoms with Crippen LogP contribution in [0.5, 0.6) is 0 Å². The fraction of sp³-hybridized carbons (Fsp3) is 0.150.